The summed E-state index contributed by atoms with van der Waals surface area (Å²) in [5, 5.41) is 2.25. The molecule has 0 fully saturated rings. The zero-order chi connectivity index (χ0) is 52.2. The Morgan fingerprint density at radius 1 is 0.447 bits per heavy atom. The standard InChI is InChI=1S/C69H58F2N4O/c1-43(2)48-24-29-65-67(38-48)74(69-61(44(3)4)36-53(37-62(69)45(5)6)58-27-25-54(70)39-63(58)71)42-73(65)55-34-52(51-32-49(46-17-9-7-10-18-46)31-50(33-51)47-19-11-8-12-20-47)35-57(40-55)76-56-26-28-60-59-21-13-14-22-64(59)75(66(60)41-56)68-23-15-16-30-72-68/h7-41,43-45H,42H2,1-6H3. The fourth-order valence-electron chi connectivity index (χ4n) is 11.0. The van der Waals surface area contributed by atoms with Gasteiger partial charge in [-0.2, -0.15) is 0 Å². The Bertz CT molecular complexity index is 3870. The van der Waals surface area contributed by atoms with Crippen LogP contribution in [0, 0.1) is 11.6 Å². The zero-order valence-corrected chi connectivity index (χ0v) is 43.6. The first-order valence-corrected chi connectivity index (χ1v) is 26.3. The molecule has 0 saturated carbocycles. The Balaban J connectivity index is 1.05. The maximum Gasteiger partial charge on any atom is 0.137 e. The van der Waals surface area contributed by atoms with E-state index in [1.807, 2.05) is 24.4 Å². The maximum atomic E-state index is 15.6. The first-order valence-electron chi connectivity index (χ1n) is 26.3. The quantitative estimate of drug-likeness (QED) is 0.122. The van der Waals surface area contributed by atoms with E-state index < -0.39 is 11.6 Å². The number of ether oxygens (including phenoxy) is 1. The van der Waals surface area contributed by atoms with E-state index in [2.05, 4.69) is 226 Å². The molecule has 0 atom stereocenters. The number of anilines is 4. The second-order valence-corrected chi connectivity index (χ2v) is 20.9. The maximum absolute atomic E-state index is 15.6. The van der Waals surface area contributed by atoms with Crippen molar-refractivity contribution < 1.29 is 13.5 Å². The van der Waals surface area contributed by atoms with E-state index >= 15 is 4.39 Å². The third-order valence-corrected chi connectivity index (χ3v) is 14.9. The summed E-state index contributed by atoms with van der Waals surface area (Å²) in [6.07, 6.45) is 1.83. The molecule has 11 aromatic rings. The molecule has 0 saturated heterocycles. The minimum atomic E-state index is -0.593. The average molecular weight is 997 g/mol. The Kier molecular flexibility index (Phi) is 12.5. The highest BCUT2D eigenvalue weighted by Crippen LogP contribution is 2.52. The Morgan fingerprint density at radius 2 is 1.08 bits per heavy atom. The summed E-state index contributed by atoms with van der Waals surface area (Å²) >= 11 is 0. The molecule has 0 spiro atoms. The van der Waals surface area contributed by atoms with E-state index in [1.165, 1.54) is 11.6 Å². The lowest BCUT2D eigenvalue weighted by atomic mass is 9.87. The molecule has 374 valence electrons. The van der Waals surface area contributed by atoms with Crippen molar-refractivity contribution in [1.29, 1.82) is 0 Å². The highest BCUT2D eigenvalue weighted by molar-refractivity contribution is 6.09. The largest absolute Gasteiger partial charge is 0.457 e. The highest BCUT2D eigenvalue weighted by Gasteiger charge is 2.34. The summed E-state index contributed by atoms with van der Waals surface area (Å²) in [4.78, 5) is 9.65. The van der Waals surface area contributed by atoms with Gasteiger partial charge in [-0.3, -0.25) is 4.57 Å². The SMILES string of the molecule is CC(C)c1ccc2c(c1)N(c1c(C(C)C)cc(-c3ccc(F)cc3F)cc1C(C)C)CN2c1cc(Oc2ccc3c4ccccc4n(-c4ccccn4)c3c2)cc(-c2cc(-c3ccccc3)cc(-c3ccccc3)c2)c1. The molecule has 0 aliphatic carbocycles. The number of fused-ring (bicyclic) bond motifs is 4. The molecule has 0 N–H and O–H groups in total. The molecule has 0 radical (unpaired) electrons. The molecule has 3 heterocycles. The van der Waals surface area contributed by atoms with E-state index in [0.717, 1.165) is 107 Å². The second-order valence-electron chi connectivity index (χ2n) is 20.9. The number of pyridine rings is 1. The smallest absolute Gasteiger partial charge is 0.137 e. The van der Waals surface area contributed by atoms with Crippen LogP contribution in [0.15, 0.2) is 212 Å². The van der Waals surface area contributed by atoms with E-state index in [4.69, 9.17) is 9.72 Å². The van der Waals surface area contributed by atoms with Crippen molar-refractivity contribution in [3.05, 3.63) is 241 Å². The van der Waals surface area contributed by atoms with Crippen molar-refractivity contribution in [2.24, 2.45) is 0 Å². The monoisotopic (exact) mass is 996 g/mol. The van der Waals surface area contributed by atoms with Gasteiger partial charge in [-0.15, -0.1) is 0 Å². The van der Waals surface area contributed by atoms with Crippen LogP contribution in [0.5, 0.6) is 11.5 Å². The number of hydrogen-bond donors (Lipinski definition) is 0. The Hall–Kier alpha value is -8.81. The summed E-state index contributed by atoms with van der Waals surface area (Å²) in [5.41, 5.74) is 17.4. The molecular formula is C69H58F2N4O. The van der Waals surface area contributed by atoms with Gasteiger partial charge in [0.05, 0.1) is 22.4 Å². The van der Waals surface area contributed by atoms with Crippen LogP contribution in [-0.4, -0.2) is 16.2 Å². The third kappa shape index (κ3) is 8.96. The molecular weight excluding hydrogens is 939 g/mol. The first kappa shape index (κ1) is 48.1. The normalized spacial score (nSPS) is 12.5. The molecule has 12 rings (SSSR count). The summed E-state index contributed by atoms with van der Waals surface area (Å²) in [5.74, 6) is 1.49. The number of halogens is 2. The van der Waals surface area contributed by atoms with Gasteiger partial charge in [0.1, 0.15) is 35.6 Å². The highest BCUT2D eigenvalue weighted by atomic mass is 19.1. The lowest BCUT2D eigenvalue weighted by Crippen LogP contribution is -2.26. The molecule has 7 heteroatoms. The molecule has 0 bridgehead atoms. The van der Waals surface area contributed by atoms with Gasteiger partial charge >= 0.3 is 0 Å². The summed E-state index contributed by atoms with van der Waals surface area (Å²) in [7, 11) is 0. The van der Waals surface area contributed by atoms with Crippen LogP contribution in [0.4, 0.5) is 31.5 Å². The lowest BCUT2D eigenvalue weighted by molar-refractivity contribution is 0.483. The van der Waals surface area contributed by atoms with Gasteiger partial charge in [0, 0.05) is 52.1 Å². The van der Waals surface area contributed by atoms with Crippen molar-refractivity contribution in [3.8, 4) is 61.8 Å². The van der Waals surface area contributed by atoms with Crippen molar-refractivity contribution in [1.82, 2.24) is 9.55 Å². The number of benzene rings is 9. The van der Waals surface area contributed by atoms with Crippen LogP contribution in [-0.2, 0) is 0 Å². The Morgan fingerprint density at radius 3 is 1.72 bits per heavy atom. The summed E-state index contributed by atoms with van der Waals surface area (Å²) < 4.78 is 39.3. The summed E-state index contributed by atoms with van der Waals surface area (Å²) in [6, 6.07) is 70.4. The van der Waals surface area contributed by atoms with E-state index in [0.29, 0.717) is 23.7 Å². The predicted molar refractivity (Wildman–Crippen MR) is 311 cm³/mol. The number of nitrogens with zero attached hydrogens (tertiary/aromatic N) is 4. The predicted octanol–water partition coefficient (Wildman–Crippen LogP) is 19.5. The molecule has 76 heavy (non-hydrogen) atoms. The molecule has 0 amide bonds. The third-order valence-electron chi connectivity index (χ3n) is 14.9. The minimum absolute atomic E-state index is 0.0782. The first-order chi connectivity index (χ1) is 36.9. The second kappa shape index (κ2) is 19.8. The van der Waals surface area contributed by atoms with Crippen molar-refractivity contribution >= 4 is 44.6 Å². The van der Waals surface area contributed by atoms with Gasteiger partial charge in [-0.25, -0.2) is 13.8 Å². The molecule has 2 aromatic heterocycles. The topological polar surface area (TPSA) is 33.5 Å². The van der Waals surface area contributed by atoms with Gasteiger partial charge in [0.15, 0.2) is 0 Å². The molecule has 0 unspecified atom stereocenters. The van der Waals surface area contributed by atoms with Gasteiger partial charge < -0.3 is 14.5 Å². The summed E-state index contributed by atoms with van der Waals surface area (Å²) in [6.45, 7) is 13.7. The van der Waals surface area contributed by atoms with Gasteiger partial charge in [0.25, 0.3) is 0 Å². The van der Waals surface area contributed by atoms with Crippen LogP contribution in [0.1, 0.15) is 76.0 Å². The van der Waals surface area contributed by atoms with Crippen LogP contribution >= 0.6 is 0 Å². The minimum Gasteiger partial charge on any atom is -0.457 e. The van der Waals surface area contributed by atoms with Crippen LogP contribution in [0.25, 0.3) is 72.1 Å². The van der Waals surface area contributed by atoms with E-state index in [9.17, 15) is 4.39 Å². The van der Waals surface area contributed by atoms with Crippen molar-refractivity contribution in [3.63, 3.8) is 0 Å². The van der Waals surface area contributed by atoms with Crippen molar-refractivity contribution in [2.45, 2.75) is 59.3 Å². The van der Waals surface area contributed by atoms with Crippen molar-refractivity contribution in [2.75, 3.05) is 16.5 Å². The Labute approximate surface area is 443 Å². The van der Waals surface area contributed by atoms with Gasteiger partial charge in [-0.05, 0) is 170 Å². The molecule has 9 aromatic carbocycles. The molecule has 1 aliphatic rings. The van der Waals surface area contributed by atoms with Crippen LogP contribution in [0.3, 0.4) is 0 Å². The number of aromatic nitrogens is 2. The average Bonchev–Trinajstić information content (AvgIpc) is 3.98. The van der Waals surface area contributed by atoms with E-state index in [1.54, 1.807) is 6.07 Å². The number of para-hydroxylation sites is 1. The molecule has 5 nitrogen and oxygen atoms in total. The molecule has 1 aliphatic heterocycles. The number of rotatable bonds is 12. The van der Waals surface area contributed by atoms with Gasteiger partial charge in [-0.1, -0.05) is 133 Å². The lowest BCUT2D eigenvalue weighted by Gasteiger charge is -2.30. The van der Waals surface area contributed by atoms with Crippen LogP contribution < -0.4 is 14.5 Å². The zero-order valence-electron chi connectivity index (χ0n) is 43.6. The van der Waals surface area contributed by atoms with Crippen LogP contribution in [0.2, 0.25) is 0 Å². The fourth-order valence-corrected chi connectivity index (χ4v) is 11.0. The van der Waals surface area contributed by atoms with E-state index in [-0.39, 0.29) is 17.8 Å². The fraction of sp³-hybridized carbons (Fsp3) is 0.145. The van der Waals surface area contributed by atoms with Gasteiger partial charge in [0.2, 0.25) is 0 Å². The number of hydrogen-bond acceptors (Lipinski definition) is 4.